The highest BCUT2D eigenvalue weighted by atomic mass is 15.2. The third-order valence-electron chi connectivity index (χ3n) is 5.38. The molecule has 3 nitrogen and oxygen atoms in total. The Hall–Kier alpha value is -3.20. The van der Waals surface area contributed by atoms with Crippen LogP contribution in [0.5, 0.6) is 0 Å². The zero-order chi connectivity index (χ0) is 21.3. The van der Waals surface area contributed by atoms with E-state index in [1.54, 1.807) is 0 Å². The van der Waals surface area contributed by atoms with Crippen molar-refractivity contribution in [3.05, 3.63) is 77.9 Å². The van der Waals surface area contributed by atoms with Crippen molar-refractivity contribution >= 4 is 27.3 Å². The van der Waals surface area contributed by atoms with Crippen molar-refractivity contribution < 1.29 is 0 Å². The molecule has 0 fully saturated rings. The summed E-state index contributed by atoms with van der Waals surface area (Å²) in [6.07, 6.45) is 1.08. The lowest BCUT2D eigenvalue weighted by molar-refractivity contribution is 0.648. The second-order valence-electron chi connectivity index (χ2n) is 8.04. The summed E-state index contributed by atoms with van der Waals surface area (Å²) in [6.45, 7) is 10.6. The van der Waals surface area contributed by atoms with E-state index in [1.807, 2.05) is 13.8 Å². The SMILES string of the molecule is CC.Cc1ccc(-c2nnc3c4ccccc4c4cc(CC(C)C)ccc4n23)cc1. The molecule has 0 atom stereocenters. The van der Waals surface area contributed by atoms with Gasteiger partial charge in [-0.2, -0.15) is 0 Å². The molecule has 0 N–H and O–H groups in total. The highest BCUT2D eigenvalue weighted by Gasteiger charge is 2.16. The molecule has 3 heteroatoms. The maximum absolute atomic E-state index is 4.58. The number of aromatic nitrogens is 3. The molecule has 2 heterocycles. The van der Waals surface area contributed by atoms with Gasteiger partial charge >= 0.3 is 0 Å². The van der Waals surface area contributed by atoms with Crippen LogP contribution < -0.4 is 0 Å². The molecule has 0 radical (unpaired) electrons. The molecule has 152 valence electrons. The van der Waals surface area contributed by atoms with Crippen LogP contribution in [0, 0.1) is 12.8 Å². The molecular weight excluding hydrogens is 366 g/mol. The fourth-order valence-corrected chi connectivity index (χ4v) is 4.08. The zero-order valence-electron chi connectivity index (χ0n) is 18.5. The molecule has 0 bridgehead atoms. The predicted molar refractivity (Wildman–Crippen MR) is 128 cm³/mol. The quantitative estimate of drug-likeness (QED) is 0.301. The first-order valence-electron chi connectivity index (χ1n) is 10.9. The summed E-state index contributed by atoms with van der Waals surface area (Å²) in [7, 11) is 0. The molecule has 0 aliphatic carbocycles. The lowest BCUT2D eigenvalue weighted by atomic mass is 9.98. The van der Waals surface area contributed by atoms with Gasteiger partial charge in [0.2, 0.25) is 0 Å². The molecule has 3 aromatic carbocycles. The van der Waals surface area contributed by atoms with E-state index in [9.17, 15) is 0 Å². The maximum Gasteiger partial charge on any atom is 0.169 e. The number of pyridine rings is 1. The van der Waals surface area contributed by atoms with Crippen LogP contribution in [0.2, 0.25) is 0 Å². The minimum absolute atomic E-state index is 0.630. The summed E-state index contributed by atoms with van der Waals surface area (Å²) in [5, 5.41) is 12.8. The van der Waals surface area contributed by atoms with E-state index in [-0.39, 0.29) is 0 Å². The van der Waals surface area contributed by atoms with E-state index in [2.05, 4.69) is 102 Å². The van der Waals surface area contributed by atoms with Crippen molar-refractivity contribution in [1.29, 1.82) is 0 Å². The van der Waals surface area contributed by atoms with Gasteiger partial charge in [0.1, 0.15) is 0 Å². The van der Waals surface area contributed by atoms with Crippen molar-refractivity contribution in [3.8, 4) is 11.4 Å². The average molecular weight is 396 g/mol. The summed E-state index contributed by atoms with van der Waals surface area (Å²) in [5.41, 5.74) is 5.76. The van der Waals surface area contributed by atoms with Crippen LogP contribution in [0.15, 0.2) is 66.7 Å². The first kappa shape index (κ1) is 20.1. The van der Waals surface area contributed by atoms with Crippen LogP contribution in [0.4, 0.5) is 0 Å². The summed E-state index contributed by atoms with van der Waals surface area (Å²) in [6, 6.07) is 23.8. The lowest BCUT2D eigenvalue weighted by Gasteiger charge is -2.12. The molecule has 0 amide bonds. The molecule has 0 spiro atoms. The predicted octanol–water partition coefficient (Wildman–Crippen LogP) is 7.24. The Morgan fingerprint density at radius 2 is 1.50 bits per heavy atom. The van der Waals surface area contributed by atoms with Crippen LogP contribution in [-0.4, -0.2) is 14.6 Å². The Labute approximate surface area is 178 Å². The van der Waals surface area contributed by atoms with Crippen LogP contribution in [0.25, 0.3) is 38.7 Å². The van der Waals surface area contributed by atoms with Crippen molar-refractivity contribution in [2.45, 2.75) is 41.0 Å². The number of nitrogens with zero attached hydrogens (tertiary/aromatic N) is 3. The highest BCUT2D eigenvalue weighted by Crippen LogP contribution is 2.32. The zero-order valence-corrected chi connectivity index (χ0v) is 18.5. The molecular formula is C27H29N3. The van der Waals surface area contributed by atoms with E-state index in [0.29, 0.717) is 5.92 Å². The van der Waals surface area contributed by atoms with Gasteiger partial charge in [-0.15, -0.1) is 10.2 Å². The molecule has 0 aliphatic heterocycles. The van der Waals surface area contributed by atoms with E-state index in [4.69, 9.17) is 0 Å². The van der Waals surface area contributed by atoms with Crippen molar-refractivity contribution in [3.63, 3.8) is 0 Å². The van der Waals surface area contributed by atoms with E-state index < -0.39 is 0 Å². The Morgan fingerprint density at radius 3 is 2.20 bits per heavy atom. The minimum atomic E-state index is 0.630. The van der Waals surface area contributed by atoms with Crippen LogP contribution in [0.3, 0.4) is 0 Å². The number of aryl methyl sites for hydroxylation is 1. The first-order valence-corrected chi connectivity index (χ1v) is 10.9. The largest absolute Gasteiger partial charge is 0.274 e. The lowest BCUT2D eigenvalue weighted by Crippen LogP contribution is -1.97. The second-order valence-corrected chi connectivity index (χ2v) is 8.04. The molecule has 0 unspecified atom stereocenters. The molecule has 0 saturated carbocycles. The second kappa shape index (κ2) is 8.27. The molecule has 5 rings (SSSR count). The fraction of sp³-hybridized carbons (Fsp3) is 0.259. The standard InChI is InChI=1S/C25H23N3.C2H6/c1-16(2)14-18-10-13-23-22(15-18)20-6-4-5-7-21(20)25-27-26-24(28(23)25)19-11-8-17(3)9-12-19;1-2/h4-13,15-16H,14H2,1-3H3;1-2H3. The molecule has 0 saturated heterocycles. The summed E-state index contributed by atoms with van der Waals surface area (Å²) in [5.74, 6) is 1.52. The van der Waals surface area contributed by atoms with Crippen molar-refractivity contribution in [2.75, 3.05) is 0 Å². The van der Waals surface area contributed by atoms with Gasteiger partial charge in [-0.3, -0.25) is 4.40 Å². The number of benzene rings is 3. The number of rotatable bonds is 3. The van der Waals surface area contributed by atoms with Gasteiger partial charge in [-0.1, -0.05) is 87.9 Å². The van der Waals surface area contributed by atoms with Crippen LogP contribution in [0.1, 0.15) is 38.8 Å². The third kappa shape index (κ3) is 3.45. The number of hydrogen-bond acceptors (Lipinski definition) is 2. The highest BCUT2D eigenvalue weighted by molar-refractivity contribution is 6.12. The first-order chi connectivity index (χ1) is 14.6. The Balaban J connectivity index is 0.00000106. The average Bonchev–Trinajstić information content (AvgIpc) is 3.21. The van der Waals surface area contributed by atoms with E-state index >= 15 is 0 Å². The van der Waals surface area contributed by atoms with Crippen molar-refractivity contribution in [1.82, 2.24) is 14.6 Å². The van der Waals surface area contributed by atoms with Gasteiger partial charge in [-0.05, 0) is 42.3 Å². The van der Waals surface area contributed by atoms with Crippen LogP contribution >= 0.6 is 0 Å². The minimum Gasteiger partial charge on any atom is -0.274 e. The Kier molecular flexibility index (Phi) is 5.54. The van der Waals surface area contributed by atoms with Gasteiger partial charge in [0.25, 0.3) is 0 Å². The maximum atomic E-state index is 4.58. The van der Waals surface area contributed by atoms with Gasteiger partial charge in [0.15, 0.2) is 11.5 Å². The Morgan fingerprint density at radius 1 is 0.800 bits per heavy atom. The van der Waals surface area contributed by atoms with Crippen molar-refractivity contribution in [2.24, 2.45) is 5.92 Å². The number of fused-ring (bicyclic) bond motifs is 6. The molecule has 5 aromatic rings. The topological polar surface area (TPSA) is 30.2 Å². The number of hydrogen-bond donors (Lipinski definition) is 0. The van der Waals surface area contributed by atoms with Gasteiger partial charge in [-0.25, -0.2) is 0 Å². The molecule has 0 aliphatic rings. The monoisotopic (exact) mass is 395 g/mol. The van der Waals surface area contributed by atoms with Gasteiger partial charge in [0.05, 0.1) is 5.52 Å². The van der Waals surface area contributed by atoms with Crippen LogP contribution in [-0.2, 0) is 6.42 Å². The van der Waals surface area contributed by atoms with Gasteiger partial charge < -0.3 is 0 Å². The molecule has 30 heavy (non-hydrogen) atoms. The molecule has 2 aromatic heterocycles. The van der Waals surface area contributed by atoms with E-state index in [0.717, 1.165) is 34.4 Å². The summed E-state index contributed by atoms with van der Waals surface area (Å²) in [4.78, 5) is 0. The van der Waals surface area contributed by atoms with Gasteiger partial charge in [0, 0.05) is 16.3 Å². The van der Waals surface area contributed by atoms with E-state index in [1.165, 1.54) is 21.9 Å². The smallest absolute Gasteiger partial charge is 0.169 e. The normalized spacial score (nSPS) is 11.3. The third-order valence-corrected chi connectivity index (χ3v) is 5.38. The summed E-state index contributed by atoms with van der Waals surface area (Å²) < 4.78 is 2.21. The fourth-order valence-electron chi connectivity index (χ4n) is 4.08. The Bertz CT molecular complexity index is 1310. The summed E-state index contributed by atoms with van der Waals surface area (Å²) >= 11 is 0.